The predicted molar refractivity (Wildman–Crippen MR) is 128 cm³/mol. The average molecular weight is 499 g/mol. The van der Waals surface area contributed by atoms with Gasteiger partial charge in [0, 0.05) is 6.42 Å². The smallest absolute Gasteiger partial charge is 0.326 e. The summed E-state index contributed by atoms with van der Waals surface area (Å²) >= 11 is 1.45. The Hall–Kier alpha value is -2.83. The number of benzene rings is 1. The zero-order valence-electron chi connectivity index (χ0n) is 19.5. The number of rotatable bonds is 14. The molecule has 34 heavy (non-hydrogen) atoms. The third kappa shape index (κ3) is 9.57. The quantitative estimate of drug-likeness (QED) is 0.172. The molecule has 0 aliphatic carbocycles. The summed E-state index contributed by atoms with van der Waals surface area (Å²) in [5, 5.41) is 35.6. The van der Waals surface area contributed by atoms with Crippen LogP contribution in [0.2, 0.25) is 0 Å². The third-order valence-corrected chi connectivity index (χ3v) is 5.66. The number of amides is 3. The first-order chi connectivity index (χ1) is 16.0. The van der Waals surface area contributed by atoms with Gasteiger partial charge in [0.05, 0.1) is 6.61 Å². The van der Waals surface area contributed by atoms with Crippen LogP contribution < -0.4 is 21.7 Å². The first kappa shape index (κ1) is 29.2. The number of carboxylic acid groups (broad SMARTS) is 1. The second kappa shape index (κ2) is 14.4. The van der Waals surface area contributed by atoms with E-state index in [1.807, 2.05) is 6.26 Å². The maximum Gasteiger partial charge on any atom is 0.326 e. The van der Waals surface area contributed by atoms with Crippen molar-refractivity contribution < 1.29 is 34.5 Å². The Balaban J connectivity index is 2.96. The summed E-state index contributed by atoms with van der Waals surface area (Å²) in [6.45, 7) is 2.81. The minimum Gasteiger partial charge on any atom is -0.508 e. The zero-order valence-corrected chi connectivity index (χ0v) is 20.3. The number of hydrogen-bond donors (Lipinski definition) is 7. The molecule has 1 aromatic carbocycles. The van der Waals surface area contributed by atoms with Crippen molar-refractivity contribution in [3.8, 4) is 5.75 Å². The lowest BCUT2D eigenvalue weighted by Gasteiger charge is -2.26. The van der Waals surface area contributed by atoms with Crippen LogP contribution in [0.4, 0.5) is 0 Å². The summed E-state index contributed by atoms with van der Waals surface area (Å²) in [5.41, 5.74) is 6.10. The number of aliphatic hydroxyl groups excluding tert-OH is 1. The van der Waals surface area contributed by atoms with Crippen LogP contribution in [0.1, 0.15) is 25.8 Å². The van der Waals surface area contributed by atoms with Gasteiger partial charge in [0.25, 0.3) is 0 Å². The van der Waals surface area contributed by atoms with Crippen LogP contribution in [-0.4, -0.2) is 81.8 Å². The molecule has 0 aliphatic rings. The maximum atomic E-state index is 12.9. The van der Waals surface area contributed by atoms with Gasteiger partial charge < -0.3 is 37.0 Å². The van der Waals surface area contributed by atoms with Crippen molar-refractivity contribution in [1.82, 2.24) is 16.0 Å². The predicted octanol–water partition coefficient (Wildman–Crippen LogP) is -0.798. The van der Waals surface area contributed by atoms with Gasteiger partial charge in [-0.05, 0) is 42.0 Å². The second-order valence-corrected chi connectivity index (χ2v) is 9.12. The SMILES string of the molecule is CSCCC(NC(=O)C(NC(=O)C(N)CO)C(C)C)C(=O)NC(Cc1ccc(O)cc1)C(=O)O. The highest BCUT2D eigenvalue weighted by atomic mass is 32.2. The summed E-state index contributed by atoms with van der Waals surface area (Å²) in [6.07, 6.45) is 2.04. The number of carbonyl (C=O) groups excluding carboxylic acids is 3. The van der Waals surface area contributed by atoms with Crippen LogP contribution in [0.25, 0.3) is 0 Å². The van der Waals surface area contributed by atoms with E-state index in [0.29, 0.717) is 11.3 Å². The molecule has 0 fully saturated rings. The van der Waals surface area contributed by atoms with E-state index in [1.54, 1.807) is 26.0 Å². The Morgan fingerprint density at radius 3 is 2.06 bits per heavy atom. The number of carboxylic acids is 1. The van der Waals surface area contributed by atoms with Gasteiger partial charge in [-0.25, -0.2) is 4.79 Å². The van der Waals surface area contributed by atoms with Crippen molar-refractivity contribution in [2.75, 3.05) is 18.6 Å². The molecule has 190 valence electrons. The van der Waals surface area contributed by atoms with E-state index in [1.165, 1.54) is 23.9 Å². The Labute approximate surface area is 202 Å². The number of thioether (sulfide) groups is 1. The van der Waals surface area contributed by atoms with E-state index >= 15 is 0 Å². The Morgan fingerprint density at radius 1 is 0.971 bits per heavy atom. The second-order valence-electron chi connectivity index (χ2n) is 8.13. The topological polar surface area (TPSA) is 191 Å². The van der Waals surface area contributed by atoms with Crippen molar-refractivity contribution in [2.24, 2.45) is 11.7 Å². The highest BCUT2D eigenvalue weighted by Crippen LogP contribution is 2.12. The zero-order chi connectivity index (χ0) is 25.8. The van der Waals surface area contributed by atoms with Crippen molar-refractivity contribution >= 4 is 35.5 Å². The molecule has 0 spiro atoms. The summed E-state index contributed by atoms with van der Waals surface area (Å²) < 4.78 is 0. The molecule has 4 atom stereocenters. The molecular formula is C22H34N4O7S. The Kier molecular flexibility index (Phi) is 12.4. The van der Waals surface area contributed by atoms with E-state index in [9.17, 15) is 29.4 Å². The number of phenolic OH excluding ortho intramolecular Hbond substituents is 1. The summed E-state index contributed by atoms with van der Waals surface area (Å²) in [4.78, 5) is 49.6. The number of nitrogens with one attached hydrogen (secondary N) is 3. The van der Waals surface area contributed by atoms with Crippen LogP contribution in [0.15, 0.2) is 24.3 Å². The average Bonchev–Trinajstić information content (AvgIpc) is 2.79. The van der Waals surface area contributed by atoms with E-state index < -0.39 is 54.5 Å². The van der Waals surface area contributed by atoms with Gasteiger partial charge >= 0.3 is 5.97 Å². The standard InChI is InChI=1S/C22H34N4O7S/c1-12(2)18(26-19(29)15(23)11-27)21(31)24-16(8-9-34-3)20(30)25-17(22(32)33)10-13-4-6-14(28)7-5-13/h4-7,12,15-18,27-28H,8-11,23H2,1-3H3,(H,24,31)(H,25,30)(H,26,29)(H,32,33). The molecule has 4 unspecified atom stereocenters. The first-order valence-corrected chi connectivity index (χ1v) is 12.2. The molecular weight excluding hydrogens is 464 g/mol. The Bertz CT molecular complexity index is 835. The van der Waals surface area contributed by atoms with E-state index in [4.69, 9.17) is 10.8 Å². The van der Waals surface area contributed by atoms with Gasteiger partial charge in [-0.2, -0.15) is 11.8 Å². The number of aliphatic hydroxyl groups is 1. The van der Waals surface area contributed by atoms with Crippen molar-refractivity contribution in [3.63, 3.8) is 0 Å². The van der Waals surface area contributed by atoms with Crippen molar-refractivity contribution in [2.45, 2.75) is 50.9 Å². The van der Waals surface area contributed by atoms with Crippen LogP contribution >= 0.6 is 11.8 Å². The van der Waals surface area contributed by atoms with Gasteiger partial charge in [0.15, 0.2) is 0 Å². The van der Waals surface area contributed by atoms with E-state index in [0.717, 1.165) is 0 Å². The monoisotopic (exact) mass is 498 g/mol. The third-order valence-electron chi connectivity index (χ3n) is 5.01. The molecule has 11 nitrogen and oxygen atoms in total. The fraction of sp³-hybridized carbons (Fsp3) is 0.545. The van der Waals surface area contributed by atoms with Crippen molar-refractivity contribution in [3.05, 3.63) is 29.8 Å². The van der Waals surface area contributed by atoms with E-state index in [2.05, 4.69) is 16.0 Å². The molecule has 12 heteroatoms. The minimum atomic E-state index is -1.26. The molecule has 0 aliphatic heterocycles. The number of phenols is 1. The fourth-order valence-electron chi connectivity index (χ4n) is 2.98. The van der Waals surface area contributed by atoms with Crippen molar-refractivity contribution in [1.29, 1.82) is 0 Å². The Morgan fingerprint density at radius 2 is 1.56 bits per heavy atom. The summed E-state index contributed by atoms with van der Waals surface area (Å²) in [6, 6.07) is 1.44. The van der Waals surface area contributed by atoms with Gasteiger partial charge in [-0.15, -0.1) is 0 Å². The molecule has 0 heterocycles. The fourth-order valence-corrected chi connectivity index (χ4v) is 3.46. The molecule has 0 aromatic heterocycles. The lowest BCUT2D eigenvalue weighted by atomic mass is 10.0. The number of aromatic hydroxyl groups is 1. The highest BCUT2D eigenvalue weighted by molar-refractivity contribution is 7.98. The largest absolute Gasteiger partial charge is 0.508 e. The summed E-state index contributed by atoms with van der Waals surface area (Å²) in [5.74, 6) is -3.05. The van der Waals surface area contributed by atoms with Crippen LogP contribution in [0.5, 0.6) is 5.75 Å². The number of carbonyl (C=O) groups is 4. The highest BCUT2D eigenvalue weighted by Gasteiger charge is 2.31. The van der Waals surface area contributed by atoms with Gasteiger partial charge in [-0.1, -0.05) is 26.0 Å². The first-order valence-electron chi connectivity index (χ1n) is 10.8. The molecule has 0 radical (unpaired) electrons. The lowest BCUT2D eigenvalue weighted by molar-refractivity contribution is -0.142. The van der Waals surface area contributed by atoms with Gasteiger partial charge in [-0.3, -0.25) is 14.4 Å². The molecule has 0 saturated carbocycles. The molecule has 0 saturated heterocycles. The molecule has 1 rings (SSSR count). The molecule has 1 aromatic rings. The van der Waals surface area contributed by atoms with Gasteiger partial charge in [0.2, 0.25) is 17.7 Å². The maximum absolute atomic E-state index is 12.9. The van der Waals surface area contributed by atoms with Gasteiger partial charge in [0.1, 0.15) is 29.9 Å². The van der Waals surface area contributed by atoms with E-state index in [-0.39, 0.29) is 24.5 Å². The normalized spacial score (nSPS) is 14.5. The summed E-state index contributed by atoms with van der Waals surface area (Å²) in [7, 11) is 0. The minimum absolute atomic E-state index is 0.0196. The number of hydrogen-bond acceptors (Lipinski definition) is 8. The molecule has 3 amide bonds. The number of aliphatic carboxylic acids is 1. The van der Waals surface area contributed by atoms with Crippen LogP contribution in [0, 0.1) is 5.92 Å². The lowest BCUT2D eigenvalue weighted by Crippen LogP contribution is -2.59. The van der Waals surface area contributed by atoms with Crippen LogP contribution in [0.3, 0.4) is 0 Å². The van der Waals surface area contributed by atoms with Crippen LogP contribution in [-0.2, 0) is 25.6 Å². The number of nitrogens with two attached hydrogens (primary N) is 1. The molecule has 8 N–H and O–H groups in total. The molecule has 0 bridgehead atoms.